The van der Waals surface area contributed by atoms with Gasteiger partial charge in [-0.2, -0.15) is 5.10 Å². The van der Waals surface area contributed by atoms with Gasteiger partial charge in [-0.25, -0.2) is 18.4 Å². The fraction of sp³-hybridized carbons (Fsp3) is 0.190. The van der Waals surface area contributed by atoms with Crippen molar-refractivity contribution in [3.05, 3.63) is 72.3 Å². The number of nitrogens with zero attached hydrogens (tertiary/aromatic N) is 3. The molecule has 3 rings (SSSR count). The first-order valence-corrected chi connectivity index (χ1v) is 9.67. The summed E-state index contributed by atoms with van der Waals surface area (Å²) >= 11 is 0. The molecule has 1 aromatic heterocycles. The first-order valence-electron chi connectivity index (χ1n) is 9.67. The molecule has 1 heterocycles. The monoisotopic (exact) mass is 442 g/mol. The van der Waals surface area contributed by atoms with Crippen LogP contribution in [-0.2, 0) is 9.59 Å². The van der Waals surface area contributed by atoms with Crippen molar-refractivity contribution in [2.24, 2.45) is 0 Å². The van der Waals surface area contributed by atoms with E-state index in [-0.39, 0.29) is 37.4 Å². The van der Waals surface area contributed by atoms with E-state index in [9.17, 15) is 23.2 Å². The predicted molar refractivity (Wildman–Crippen MR) is 111 cm³/mol. The van der Waals surface area contributed by atoms with E-state index in [1.54, 1.807) is 35.3 Å². The lowest BCUT2D eigenvalue weighted by molar-refractivity contribution is -0.124. The third kappa shape index (κ3) is 6.42. The van der Waals surface area contributed by atoms with Gasteiger partial charge in [0.2, 0.25) is 11.8 Å². The molecule has 3 aromatic rings. The third-order valence-electron chi connectivity index (χ3n) is 4.32. The molecule has 0 bridgehead atoms. The van der Waals surface area contributed by atoms with E-state index in [4.69, 9.17) is 0 Å². The highest BCUT2D eigenvalue weighted by atomic mass is 19.1. The highest BCUT2D eigenvalue weighted by Gasteiger charge is 2.12. The zero-order valence-electron chi connectivity index (χ0n) is 16.8. The molecule has 32 heavy (non-hydrogen) atoms. The quantitative estimate of drug-likeness (QED) is 0.437. The Kier molecular flexibility index (Phi) is 7.57. The maximum atomic E-state index is 13.5. The molecule has 0 fully saturated rings. The molecule has 0 spiro atoms. The average molecular weight is 442 g/mol. The Balaban J connectivity index is 1.33. The van der Waals surface area contributed by atoms with Gasteiger partial charge in [-0.05, 0) is 42.8 Å². The van der Waals surface area contributed by atoms with Gasteiger partial charge in [0.15, 0.2) is 0 Å². The van der Waals surface area contributed by atoms with Crippen molar-refractivity contribution in [2.75, 3.05) is 18.4 Å². The van der Waals surface area contributed by atoms with E-state index in [1.165, 1.54) is 6.33 Å². The van der Waals surface area contributed by atoms with Crippen LogP contribution in [0.25, 0.3) is 5.69 Å². The molecule has 2 aromatic carbocycles. The molecule has 9 nitrogen and oxygen atoms in total. The fourth-order valence-electron chi connectivity index (χ4n) is 2.73. The molecule has 166 valence electrons. The van der Waals surface area contributed by atoms with Crippen LogP contribution in [0.15, 0.2) is 55.1 Å². The van der Waals surface area contributed by atoms with Crippen LogP contribution < -0.4 is 16.0 Å². The van der Waals surface area contributed by atoms with E-state index in [1.807, 2.05) is 0 Å². The molecule has 0 saturated heterocycles. The highest BCUT2D eigenvalue weighted by Crippen LogP contribution is 2.12. The van der Waals surface area contributed by atoms with Crippen LogP contribution in [0.3, 0.4) is 0 Å². The van der Waals surface area contributed by atoms with Crippen LogP contribution in [0.4, 0.5) is 14.5 Å². The summed E-state index contributed by atoms with van der Waals surface area (Å²) in [6.45, 7) is -0.0931. The smallest absolute Gasteiger partial charge is 0.254 e. The second kappa shape index (κ2) is 10.8. The van der Waals surface area contributed by atoms with Gasteiger partial charge in [-0.1, -0.05) is 0 Å². The van der Waals surface area contributed by atoms with Crippen LogP contribution >= 0.6 is 0 Å². The van der Waals surface area contributed by atoms with Gasteiger partial charge < -0.3 is 16.0 Å². The zero-order chi connectivity index (χ0) is 22.9. The van der Waals surface area contributed by atoms with Crippen LogP contribution in [0.5, 0.6) is 0 Å². The Morgan fingerprint density at radius 3 is 2.44 bits per heavy atom. The van der Waals surface area contributed by atoms with Gasteiger partial charge >= 0.3 is 0 Å². The fourth-order valence-corrected chi connectivity index (χ4v) is 2.73. The minimum Gasteiger partial charge on any atom is -0.352 e. The summed E-state index contributed by atoms with van der Waals surface area (Å²) in [4.78, 5) is 39.6. The summed E-state index contributed by atoms with van der Waals surface area (Å²) < 4.78 is 28.0. The molecule has 0 aliphatic heterocycles. The van der Waals surface area contributed by atoms with E-state index < -0.39 is 23.4 Å². The number of nitrogens with one attached hydrogen (secondary N) is 3. The maximum Gasteiger partial charge on any atom is 0.254 e. The van der Waals surface area contributed by atoms with E-state index in [0.29, 0.717) is 11.8 Å². The summed E-state index contributed by atoms with van der Waals surface area (Å²) in [7, 11) is 0. The Bertz CT molecular complexity index is 1090. The number of carbonyl (C=O) groups excluding carboxylic acids is 3. The van der Waals surface area contributed by atoms with Gasteiger partial charge in [0.05, 0.1) is 17.8 Å². The first-order chi connectivity index (χ1) is 15.4. The topological polar surface area (TPSA) is 118 Å². The van der Waals surface area contributed by atoms with Crippen molar-refractivity contribution in [2.45, 2.75) is 12.8 Å². The second-order valence-corrected chi connectivity index (χ2v) is 6.70. The van der Waals surface area contributed by atoms with Gasteiger partial charge in [0.25, 0.3) is 5.91 Å². The van der Waals surface area contributed by atoms with E-state index in [0.717, 1.165) is 17.8 Å². The Morgan fingerprint density at radius 1 is 0.969 bits per heavy atom. The van der Waals surface area contributed by atoms with E-state index in [2.05, 4.69) is 26.0 Å². The summed E-state index contributed by atoms with van der Waals surface area (Å²) in [5.74, 6) is -3.20. The molecule has 0 unspecified atom stereocenters. The summed E-state index contributed by atoms with van der Waals surface area (Å²) in [5, 5.41) is 11.6. The standard InChI is InChI=1S/C21H20F2N6O3/c22-14-3-8-17(18(23)10-14)21(32)25-9-1-2-19(30)26-11-20(31)28-15-4-6-16(7-5-15)29-13-24-12-27-29/h3-8,10,12-13H,1-2,9,11H2,(H,25,32)(H,26,30)(H,28,31). The molecule has 0 saturated carbocycles. The van der Waals surface area contributed by atoms with Gasteiger partial charge in [0.1, 0.15) is 24.3 Å². The molecule has 11 heteroatoms. The third-order valence-corrected chi connectivity index (χ3v) is 4.32. The Labute approximate surface area is 181 Å². The number of benzene rings is 2. The number of rotatable bonds is 9. The van der Waals surface area contributed by atoms with Crippen molar-refractivity contribution >= 4 is 23.4 Å². The van der Waals surface area contributed by atoms with Gasteiger partial charge in [-0.15, -0.1) is 0 Å². The van der Waals surface area contributed by atoms with Crippen molar-refractivity contribution in [3.63, 3.8) is 0 Å². The number of halogens is 2. The van der Waals surface area contributed by atoms with Crippen LogP contribution in [0.1, 0.15) is 23.2 Å². The molecule has 3 amide bonds. The number of carbonyl (C=O) groups is 3. The second-order valence-electron chi connectivity index (χ2n) is 6.70. The number of anilines is 1. The lowest BCUT2D eigenvalue weighted by Gasteiger charge is -2.09. The lowest BCUT2D eigenvalue weighted by atomic mass is 10.2. The van der Waals surface area contributed by atoms with Crippen molar-refractivity contribution in [1.82, 2.24) is 25.4 Å². The first kappa shape index (κ1) is 22.5. The van der Waals surface area contributed by atoms with Crippen LogP contribution in [-0.4, -0.2) is 45.6 Å². The molecular formula is C21H20F2N6O3. The summed E-state index contributed by atoms with van der Waals surface area (Å²) in [5.41, 5.74) is 1.06. The maximum absolute atomic E-state index is 13.5. The SMILES string of the molecule is O=C(CCCNC(=O)c1ccc(F)cc1F)NCC(=O)Nc1ccc(-n2cncn2)cc1. The van der Waals surface area contributed by atoms with Crippen molar-refractivity contribution in [3.8, 4) is 5.69 Å². The number of aromatic nitrogens is 3. The lowest BCUT2D eigenvalue weighted by Crippen LogP contribution is -2.33. The average Bonchev–Trinajstić information content (AvgIpc) is 3.30. The summed E-state index contributed by atoms with van der Waals surface area (Å²) in [6, 6.07) is 9.57. The van der Waals surface area contributed by atoms with E-state index >= 15 is 0 Å². The predicted octanol–water partition coefficient (Wildman–Crippen LogP) is 1.81. The minimum atomic E-state index is -0.959. The highest BCUT2D eigenvalue weighted by molar-refractivity contribution is 5.95. The molecular weight excluding hydrogens is 422 g/mol. The number of hydrogen-bond acceptors (Lipinski definition) is 5. The largest absolute Gasteiger partial charge is 0.352 e. The van der Waals surface area contributed by atoms with Crippen LogP contribution in [0, 0.1) is 11.6 Å². The van der Waals surface area contributed by atoms with Crippen LogP contribution in [0.2, 0.25) is 0 Å². The number of amides is 3. The van der Waals surface area contributed by atoms with Crippen molar-refractivity contribution < 1.29 is 23.2 Å². The summed E-state index contributed by atoms with van der Waals surface area (Å²) in [6.07, 6.45) is 3.31. The minimum absolute atomic E-state index is 0.0616. The molecule has 0 radical (unpaired) electrons. The number of hydrogen-bond donors (Lipinski definition) is 3. The zero-order valence-corrected chi connectivity index (χ0v) is 16.8. The van der Waals surface area contributed by atoms with Gasteiger partial charge in [-0.3, -0.25) is 14.4 Å². The van der Waals surface area contributed by atoms with Crippen molar-refractivity contribution in [1.29, 1.82) is 0 Å². The Hall–Kier alpha value is -4.15. The van der Waals surface area contributed by atoms with Gasteiger partial charge in [0, 0.05) is 24.7 Å². The molecule has 3 N–H and O–H groups in total. The molecule has 0 aliphatic rings. The normalized spacial score (nSPS) is 10.4. The Morgan fingerprint density at radius 2 is 1.75 bits per heavy atom. The molecule has 0 aliphatic carbocycles. The molecule has 0 atom stereocenters.